The van der Waals surface area contributed by atoms with E-state index in [4.69, 9.17) is 10.5 Å². The van der Waals surface area contributed by atoms with Gasteiger partial charge in [-0.15, -0.1) is 0 Å². The van der Waals surface area contributed by atoms with Crippen molar-refractivity contribution in [2.24, 2.45) is 11.7 Å². The highest BCUT2D eigenvalue weighted by atomic mass is 16.5. The fraction of sp³-hybridized carbons (Fsp3) is 0.667. The Balaban J connectivity index is 2.03. The van der Waals surface area contributed by atoms with Gasteiger partial charge in [-0.25, -0.2) is 0 Å². The number of benzene rings is 1. The number of hydrogen-bond donors (Lipinski definition) is 1. The van der Waals surface area contributed by atoms with Gasteiger partial charge in [-0.05, 0) is 57.2 Å². The quantitative estimate of drug-likeness (QED) is 0.905. The van der Waals surface area contributed by atoms with E-state index < -0.39 is 0 Å². The van der Waals surface area contributed by atoms with Crippen molar-refractivity contribution in [3.63, 3.8) is 0 Å². The van der Waals surface area contributed by atoms with E-state index in [-0.39, 0.29) is 0 Å². The van der Waals surface area contributed by atoms with Gasteiger partial charge in [0.15, 0.2) is 0 Å². The minimum atomic E-state index is 0.311. The molecule has 1 aromatic rings. The first-order valence-corrected chi connectivity index (χ1v) is 8.12. The van der Waals surface area contributed by atoms with Crippen LogP contribution in [-0.4, -0.2) is 37.2 Å². The number of methoxy groups -OCH3 is 1. The van der Waals surface area contributed by atoms with Gasteiger partial charge in [0.2, 0.25) is 0 Å². The molecule has 1 aliphatic rings. The Kier molecular flexibility index (Phi) is 5.65. The predicted octanol–water partition coefficient (Wildman–Crippen LogP) is 3.07. The van der Waals surface area contributed by atoms with E-state index in [1.165, 1.54) is 18.4 Å². The smallest absolute Gasteiger partial charge is 0.122 e. The van der Waals surface area contributed by atoms with Crippen molar-refractivity contribution in [3.05, 3.63) is 29.8 Å². The van der Waals surface area contributed by atoms with Crippen LogP contribution >= 0.6 is 0 Å². The van der Waals surface area contributed by atoms with Gasteiger partial charge >= 0.3 is 0 Å². The molecule has 21 heavy (non-hydrogen) atoms. The highest BCUT2D eigenvalue weighted by Crippen LogP contribution is 2.28. The zero-order valence-electron chi connectivity index (χ0n) is 13.9. The van der Waals surface area contributed by atoms with Gasteiger partial charge in [-0.2, -0.15) is 0 Å². The maximum absolute atomic E-state index is 6.36. The molecule has 0 saturated heterocycles. The highest BCUT2D eigenvalue weighted by molar-refractivity contribution is 5.33. The summed E-state index contributed by atoms with van der Waals surface area (Å²) in [7, 11) is 3.97. The summed E-state index contributed by atoms with van der Waals surface area (Å²) in [5, 5.41) is 0. The second-order valence-corrected chi connectivity index (χ2v) is 6.68. The SMILES string of the molecule is COc1ccccc1CC(C)N(C)C1CC(C)CCC1N. The molecule has 0 heterocycles. The average Bonchev–Trinajstić information content (AvgIpc) is 2.49. The van der Waals surface area contributed by atoms with E-state index in [1.54, 1.807) is 7.11 Å². The summed E-state index contributed by atoms with van der Waals surface area (Å²) in [5.74, 6) is 1.77. The Labute approximate surface area is 129 Å². The van der Waals surface area contributed by atoms with Crippen LogP contribution in [0.25, 0.3) is 0 Å². The van der Waals surface area contributed by atoms with E-state index in [1.807, 2.05) is 12.1 Å². The van der Waals surface area contributed by atoms with Crippen LogP contribution in [0.5, 0.6) is 5.75 Å². The van der Waals surface area contributed by atoms with Gasteiger partial charge in [-0.1, -0.05) is 25.1 Å². The molecule has 118 valence electrons. The van der Waals surface area contributed by atoms with Crippen molar-refractivity contribution >= 4 is 0 Å². The first-order chi connectivity index (χ1) is 10.0. The fourth-order valence-electron chi connectivity index (χ4n) is 3.50. The van der Waals surface area contributed by atoms with E-state index in [9.17, 15) is 0 Å². The molecule has 0 radical (unpaired) electrons. The summed E-state index contributed by atoms with van der Waals surface area (Å²) in [6.07, 6.45) is 4.63. The number of ether oxygens (including phenoxy) is 1. The Bertz CT molecular complexity index is 449. The summed E-state index contributed by atoms with van der Waals surface area (Å²) in [6, 6.07) is 9.57. The molecule has 0 bridgehead atoms. The number of hydrogen-bond acceptors (Lipinski definition) is 3. The van der Waals surface area contributed by atoms with Gasteiger partial charge in [0.25, 0.3) is 0 Å². The number of likely N-dealkylation sites (N-methyl/N-ethyl adjacent to an activating group) is 1. The average molecular weight is 290 g/mol. The first-order valence-electron chi connectivity index (χ1n) is 8.12. The zero-order chi connectivity index (χ0) is 15.4. The number of nitrogens with two attached hydrogens (primary N) is 1. The predicted molar refractivity (Wildman–Crippen MR) is 88.7 cm³/mol. The van der Waals surface area contributed by atoms with Crippen molar-refractivity contribution in [1.82, 2.24) is 4.90 Å². The molecule has 0 aromatic heterocycles. The lowest BCUT2D eigenvalue weighted by Gasteiger charge is -2.41. The summed E-state index contributed by atoms with van der Waals surface area (Å²) in [6.45, 7) is 4.63. The van der Waals surface area contributed by atoms with Crippen LogP contribution < -0.4 is 10.5 Å². The van der Waals surface area contributed by atoms with Crippen LogP contribution in [0.2, 0.25) is 0 Å². The molecule has 3 nitrogen and oxygen atoms in total. The Hall–Kier alpha value is -1.06. The molecule has 1 fully saturated rings. The van der Waals surface area contributed by atoms with E-state index >= 15 is 0 Å². The summed E-state index contributed by atoms with van der Waals surface area (Å²) in [4.78, 5) is 2.48. The minimum absolute atomic E-state index is 0.311. The lowest BCUT2D eigenvalue weighted by molar-refractivity contribution is 0.107. The van der Waals surface area contributed by atoms with Crippen molar-refractivity contribution < 1.29 is 4.74 Å². The van der Waals surface area contributed by atoms with Crippen molar-refractivity contribution in [3.8, 4) is 5.75 Å². The number of rotatable bonds is 5. The van der Waals surface area contributed by atoms with Crippen LogP contribution in [0.1, 0.15) is 38.7 Å². The summed E-state index contributed by atoms with van der Waals surface area (Å²) >= 11 is 0. The third kappa shape index (κ3) is 3.98. The number of para-hydroxylation sites is 1. The molecule has 4 unspecified atom stereocenters. The van der Waals surface area contributed by atoms with Crippen LogP contribution in [0.15, 0.2) is 24.3 Å². The van der Waals surface area contributed by atoms with Crippen molar-refractivity contribution in [1.29, 1.82) is 0 Å². The van der Waals surface area contributed by atoms with Crippen molar-refractivity contribution in [2.75, 3.05) is 14.2 Å². The lowest BCUT2D eigenvalue weighted by Crippen LogP contribution is -2.52. The molecule has 3 heteroatoms. The third-order valence-electron chi connectivity index (χ3n) is 5.06. The molecule has 0 spiro atoms. The standard InChI is InChI=1S/C18H30N2O/c1-13-9-10-16(19)17(11-13)20(3)14(2)12-15-7-5-6-8-18(15)21-4/h5-8,13-14,16-17H,9-12,19H2,1-4H3. The van der Waals surface area contributed by atoms with Crippen LogP contribution in [-0.2, 0) is 6.42 Å². The Morgan fingerprint density at radius 2 is 2.05 bits per heavy atom. The second-order valence-electron chi connectivity index (χ2n) is 6.68. The van der Waals surface area contributed by atoms with Gasteiger partial charge in [-0.3, -0.25) is 4.90 Å². The molecule has 2 rings (SSSR count). The van der Waals surface area contributed by atoms with E-state index in [0.717, 1.165) is 24.5 Å². The Morgan fingerprint density at radius 3 is 2.76 bits per heavy atom. The van der Waals surface area contributed by atoms with Crippen LogP contribution in [0.4, 0.5) is 0 Å². The van der Waals surface area contributed by atoms with Crippen LogP contribution in [0, 0.1) is 5.92 Å². The molecule has 1 saturated carbocycles. The normalized spacial score (nSPS) is 27.6. The minimum Gasteiger partial charge on any atom is -0.496 e. The molecule has 4 atom stereocenters. The summed E-state index contributed by atoms with van der Waals surface area (Å²) in [5.41, 5.74) is 7.64. The van der Waals surface area contributed by atoms with Gasteiger partial charge in [0.05, 0.1) is 7.11 Å². The Morgan fingerprint density at radius 1 is 1.33 bits per heavy atom. The first kappa shape index (κ1) is 16.3. The fourth-order valence-corrected chi connectivity index (χ4v) is 3.50. The van der Waals surface area contributed by atoms with E-state index in [0.29, 0.717) is 18.1 Å². The van der Waals surface area contributed by atoms with E-state index in [2.05, 4.69) is 37.9 Å². The maximum Gasteiger partial charge on any atom is 0.122 e. The third-order valence-corrected chi connectivity index (χ3v) is 5.06. The molecule has 0 amide bonds. The molecule has 1 aromatic carbocycles. The van der Waals surface area contributed by atoms with Gasteiger partial charge in [0, 0.05) is 18.1 Å². The maximum atomic E-state index is 6.36. The van der Waals surface area contributed by atoms with Crippen LogP contribution in [0.3, 0.4) is 0 Å². The second kappa shape index (κ2) is 7.28. The van der Waals surface area contributed by atoms with Crippen molar-refractivity contribution in [2.45, 2.75) is 57.7 Å². The molecular weight excluding hydrogens is 260 g/mol. The zero-order valence-corrected chi connectivity index (χ0v) is 13.9. The van der Waals surface area contributed by atoms with Gasteiger partial charge < -0.3 is 10.5 Å². The molecule has 2 N–H and O–H groups in total. The largest absolute Gasteiger partial charge is 0.496 e. The highest BCUT2D eigenvalue weighted by Gasteiger charge is 2.31. The molecule has 1 aliphatic carbocycles. The topological polar surface area (TPSA) is 38.5 Å². The monoisotopic (exact) mass is 290 g/mol. The number of nitrogens with zero attached hydrogens (tertiary/aromatic N) is 1. The molecular formula is C18H30N2O. The van der Waals surface area contributed by atoms with Gasteiger partial charge in [0.1, 0.15) is 5.75 Å². The summed E-state index contributed by atoms with van der Waals surface area (Å²) < 4.78 is 5.47. The lowest BCUT2D eigenvalue weighted by atomic mass is 9.82. The molecule has 0 aliphatic heterocycles.